The molecule has 0 saturated heterocycles. The van der Waals surface area contributed by atoms with E-state index in [0.717, 1.165) is 25.9 Å². The molecule has 0 saturated carbocycles. The highest BCUT2D eigenvalue weighted by Crippen LogP contribution is 2.14. The smallest absolute Gasteiger partial charge is 0.333 e. The second-order valence-corrected chi connectivity index (χ2v) is 4.51. The molecule has 0 heterocycles. The van der Waals surface area contributed by atoms with Crippen molar-refractivity contribution in [2.75, 3.05) is 25.1 Å². The minimum Gasteiger partial charge on any atom is -0.466 e. The van der Waals surface area contributed by atoms with Crippen molar-refractivity contribution in [1.29, 1.82) is 0 Å². The number of para-hydroxylation sites is 1. The highest BCUT2D eigenvalue weighted by atomic mass is 16.5. The Morgan fingerprint density at radius 3 is 2.58 bits per heavy atom. The van der Waals surface area contributed by atoms with Crippen LogP contribution >= 0.6 is 0 Å². The molecule has 1 rings (SSSR count). The van der Waals surface area contributed by atoms with E-state index in [4.69, 9.17) is 4.74 Å². The van der Waals surface area contributed by atoms with Gasteiger partial charge in [0.25, 0.3) is 0 Å². The molecule has 0 aliphatic heterocycles. The Kier molecular flexibility index (Phi) is 6.72. The van der Waals surface area contributed by atoms with Gasteiger partial charge in [0.2, 0.25) is 0 Å². The standard InChI is InChI=1S/C16H23NO2/c1-4-5-12-17(15-9-7-6-8-10-15)13-11-14(2)16(18)19-3/h6-11H,4-5,12-13H2,1-3H3. The zero-order chi connectivity index (χ0) is 14.1. The van der Waals surface area contributed by atoms with Gasteiger partial charge in [0.15, 0.2) is 0 Å². The average molecular weight is 261 g/mol. The summed E-state index contributed by atoms with van der Waals surface area (Å²) in [6.07, 6.45) is 4.22. The Bertz CT molecular complexity index is 412. The Morgan fingerprint density at radius 1 is 1.32 bits per heavy atom. The van der Waals surface area contributed by atoms with Crippen LogP contribution in [0, 0.1) is 0 Å². The first-order valence-corrected chi connectivity index (χ1v) is 6.74. The molecule has 1 aromatic carbocycles. The molecule has 0 aliphatic carbocycles. The highest BCUT2D eigenvalue weighted by Gasteiger charge is 2.06. The number of rotatable bonds is 7. The van der Waals surface area contributed by atoms with Gasteiger partial charge in [0, 0.05) is 24.4 Å². The van der Waals surface area contributed by atoms with Gasteiger partial charge in [-0.2, -0.15) is 0 Å². The van der Waals surface area contributed by atoms with Crippen LogP contribution in [0.1, 0.15) is 26.7 Å². The molecule has 0 spiro atoms. The van der Waals surface area contributed by atoms with Gasteiger partial charge in [0.1, 0.15) is 0 Å². The Labute approximate surface area is 115 Å². The molecule has 104 valence electrons. The van der Waals surface area contributed by atoms with E-state index in [1.807, 2.05) is 24.3 Å². The minimum atomic E-state index is -0.261. The molecule has 1 aromatic rings. The van der Waals surface area contributed by atoms with Gasteiger partial charge in [-0.1, -0.05) is 37.6 Å². The molecule has 19 heavy (non-hydrogen) atoms. The van der Waals surface area contributed by atoms with Gasteiger partial charge in [-0.3, -0.25) is 0 Å². The molecule has 0 atom stereocenters. The number of nitrogens with zero attached hydrogens (tertiary/aromatic N) is 1. The van der Waals surface area contributed by atoms with Crippen LogP contribution in [0.5, 0.6) is 0 Å². The van der Waals surface area contributed by atoms with Crippen molar-refractivity contribution < 1.29 is 9.53 Å². The molecule has 0 fully saturated rings. The van der Waals surface area contributed by atoms with Crippen molar-refractivity contribution in [2.24, 2.45) is 0 Å². The minimum absolute atomic E-state index is 0.261. The third kappa shape index (κ3) is 5.16. The maximum atomic E-state index is 11.4. The highest BCUT2D eigenvalue weighted by molar-refractivity contribution is 5.87. The number of hydrogen-bond acceptors (Lipinski definition) is 3. The lowest BCUT2D eigenvalue weighted by Crippen LogP contribution is -2.25. The van der Waals surface area contributed by atoms with Gasteiger partial charge in [0.05, 0.1) is 7.11 Å². The van der Waals surface area contributed by atoms with E-state index < -0.39 is 0 Å². The lowest BCUT2D eigenvalue weighted by molar-refractivity contribution is -0.136. The van der Waals surface area contributed by atoms with Crippen LogP contribution in [-0.4, -0.2) is 26.2 Å². The summed E-state index contributed by atoms with van der Waals surface area (Å²) < 4.78 is 4.71. The fourth-order valence-corrected chi connectivity index (χ4v) is 1.81. The second-order valence-electron chi connectivity index (χ2n) is 4.51. The molecular formula is C16H23NO2. The molecule has 0 amide bonds. The van der Waals surface area contributed by atoms with Crippen molar-refractivity contribution >= 4 is 11.7 Å². The summed E-state index contributed by atoms with van der Waals surface area (Å²) in [4.78, 5) is 13.6. The van der Waals surface area contributed by atoms with Crippen LogP contribution < -0.4 is 4.90 Å². The van der Waals surface area contributed by atoms with E-state index in [-0.39, 0.29) is 5.97 Å². The van der Waals surface area contributed by atoms with Crippen molar-refractivity contribution in [2.45, 2.75) is 26.7 Å². The van der Waals surface area contributed by atoms with E-state index in [2.05, 4.69) is 24.0 Å². The first-order valence-electron chi connectivity index (χ1n) is 6.74. The maximum Gasteiger partial charge on any atom is 0.333 e. The van der Waals surface area contributed by atoms with Crippen molar-refractivity contribution in [3.8, 4) is 0 Å². The van der Waals surface area contributed by atoms with Crippen molar-refractivity contribution in [3.63, 3.8) is 0 Å². The monoisotopic (exact) mass is 261 g/mol. The summed E-state index contributed by atoms with van der Waals surface area (Å²) in [5.74, 6) is -0.261. The van der Waals surface area contributed by atoms with Gasteiger partial charge in [-0.05, 0) is 25.5 Å². The number of hydrogen-bond donors (Lipinski definition) is 0. The molecule has 3 heteroatoms. The largest absolute Gasteiger partial charge is 0.466 e. The summed E-state index contributed by atoms with van der Waals surface area (Å²) in [7, 11) is 1.41. The predicted octanol–water partition coefficient (Wildman–Crippen LogP) is 3.41. The molecule has 0 radical (unpaired) electrons. The number of anilines is 1. The number of unbranched alkanes of at least 4 members (excludes halogenated alkanes) is 1. The molecule has 0 bridgehead atoms. The summed E-state index contributed by atoms with van der Waals surface area (Å²) in [6.45, 7) is 5.68. The topological polar surface area (TPSA) is 29.5 Å². The van der Waals surface area contributed by atoms with Crippen LogP contribution in [0.4, 0.5) is 5.69 Å². The third-order valence-electron chi connectivity index (χ3n) is 3.03. The van der Waals surface area contributed by atoms with E-state index in [9.17, 15) is 4.79 Å². The molecule has 0 unspecified atom stereocenters. The van der Waals surface area contributed by atoms with Crippen molar-refractivity contribution in [1.82, 2.24) is 0 Å². The summed E-state index contributed by atoms with van der Waals surface area (Å²) in [6, 6.07) is 10.3. The molecule has 0 aliphatic rings. The van der Waals surface area contributed by atoms with Gasteiger partial charge < -0.3 is 9.64 Å². The van der Waals surface area contributed by atoms with E-state index in [1.54, 1.807) is 6.92 Å². The van der Waals surface area contributed by atoms with E-state index in [1.165, 1.54) is 12.8 Å². The van der Waals surface area contributed by atoms with Gasteiger partial charge in [-0.15, -0.1) is 0 Å². The van der Waals surface area contributed by atoms with Crippen LogP contribution in [-0.2, 0) is 9.53 Å². The lowest BCUT2D eigenvalue weighted by atomic mass is 10.2. The molecule has 3 nitrogen and oxygen atoms in total. The quantitative estimate of drug-likeness (QED) is 0.556. The van der Waals surface area contributed by atoms with Crippen molar-refractivity contribution in [3.05, 3.63) is 42.0 Å². The Hall–Kier alpha value is -1.77. The fourth-order valence-electron chi connectivity index (χ4n) is 1.81. The normalized spacial score (nSPS) is 11.2. The van der Waals surface area contributed by atoms with Gasteiger partial charge in [-0.25, -0.2) is 4.79 Å². The number of esters is 1. The molecule has 0 aromatic heterocycles. The Morgan fingerprint density at radius 2 is 2.00 bits per heavy atom. The molecular weight excluding hydrogens is 238 g/mol. The Balaban J connectivity index is 2.73. The lowest BCUT2D eigenvalue weighted by Gasteiger charge is -2.23. The number of carbonyl (C=O) groups excluding carboxylic acids is 1. The van der Waals surface area contributed by atoms with Crippen LogP contribution in [0.2, 0.25) is 0 Å². The number of ether oxygens (including phenoxy) is 1. The SMILES string of the molecule is CCCCN(CC=C(C)C(=O)OC)c1ccccc1. The van der Waals surface area contributed by atoms with Gasteiger partial charge >= 0.3 is 5.97 Å². The first kappa shape index (κ1) is 15.3. The third-order valence-corrected chi connectivity index (χ3v) is 3.03. The summed E-state index contributed by atoms with van der Waals surface area (Å²) in [5, 5.41) is 0. The molecule has 0 N–H and O–H groups in total. The maximum absolute atomic E-state index is 11.4. The average Bonchev–Trinajstić information content (AvgIpc) is 2.47. The zero-order valence-corrected chi connectivity index (χ0v) is 12.1. The van der Waals surface area contributed by atoms with Crippen LogP contribution in [0.25, 0.3) is 0 Å². The number of benzene rings is 1. The van der Waals surface area contributed by atoms with E-state index >= 15 is 0 Å². The van der Waals surface area contributed by atoms with Crippen LogP contribution in [0.3, 0.4) is 0 Å². The summed E-state index contributed by atoms with van der Waals surface area (Å²) in [5.41, 5.74) is 1.84. The predicted molar refractivity (Wildman–Crippen MR) is 79.3 cm³/mol. The first-order chi connectivity index (χ1) is 9.19. The fraction of sp³-hybridized carbons (Fsp3) is 0.438. The van der Waals surface area contributed by atoms with E-state index in [0.29, 0.717) is 5.57 Å². The second kappa shape index (κ2) is 8.35. The summed E-state index contributed by atoms with van der Waals surface area (Å²) >= 11 is 0. The number of carbonyl (C=O) groups is 1. The van der Waals surface area contributed by atoms with Crippen LogP contribution in [0.15, 0.2) is 42.0 Å². The zero-order valence-electron chi connectivity index (χ0n) is 12.1. The number of methoxy groups -OCH3 is 1.